The van der Waals surface area contributed by atoms with Crippen LogP contribution in [0.3, 0.4) is 0 Å². The molecule has 2 rings (SSSR count). The lowest BCUT2D eigenvalue weighted by molar-refractivity contribution is -0.342. The first-order valence-corrected chi connectivity index (χ1v) is 3.49. The lowest BCUT2D eigenvalue weighted by atomic mass is 9.89. The number of hydrogen-bond acceptors (Lipinski definition) is 2. The van der Waals surface area contributed by atoms with Crippen LogP contribution in [-0.4, -0.2) is 11.3 Å². The quantitative estimate of drug-likeness (QED) is 0.695. The van der Waals surface area contributed by atoms with E-state index >= 15 is 0 Å². The summed E-state index contributed by atoms with van der Waals surface area (Å²) < 4.78 is 66.8. The van der Waals surface area contributed by atoms with Gasteiger partial charge in [0.25, 0.3) is 5.60 Å². The Balaban J connectivity index is 0.00000112. The maximum Gasteiger partial charge on any atom is 0.431 e. The number of hydrogen-bond donors (Lipinski definition) is 1. The topological polar surface area (TPSA) is 33.4 Å². The summed E-state index contributed by atoms with van der Waals surface area (Å²) in [6.45, 7) is 0. The average Bonchev–Trinajstić information content (AvgIpc) is 2.52. The maximum absolute atomic E-state index is 13.0. The van der Waals surface area contributed by atoms with E-state index in [0.717, 1.165) is 0 Å². The Hall–Kier alpha value is -1.11. The molecule has 1 aliphatic rings. The molecule has 1 atom stereocenters. The SMILES string of the molecule is C.OC1(C(F)(F)F)c2ccc(o2)C1(F)F. The number of furan rings is 1. The van der Waals surface area contributed by atoms with Gasteiger partial charge in [-0.05, 0) is 12.1 Å². The van der Waals surface area contributed by atoms with Gasteiger partial charge in [-0.25, -0.2) is 0 Å². The molecule has 0 aliphatic carbocycles. The van der Waals surface area contributed by atoms with Crippen LogP contribution in [0.4, 0.5) is 22.0 Å². The summed E-state index contributed by atoms with van der Waals surface area (Å²) >= 11 is 0. The Morgan fingerprint density at radius 2 is 1.60 bits per heavy atom. The molecule has 1 aliphatic heterocycles. The van der Waals surface area contributed by atoms with Gasteiger partial charge in [0, 0.05) is 0 Å². The first-order valence-electron chi connectivity index (χ1n) is 3.49. The monoisotopic (exact) mass is 230 g/mol. The van der Waals surface area contributed by atoms with Crippen LogP contribution >= 0.6 is 0 Å². The highest BCUT2D eigenvalue weighted by molar-refractivity contribution is 5.32. The molecule has 1 aromatic rings. The molecule has 0 radical (unpaired) electrons. The number of rotatable bonds is 0. The molecule has 1 aromatic heterocycles. The molecule has 2 heterocycles. The van der Waals surface area contributed by atoms with Gasteiger partial charge >= 0.3 is 12.1 Å². The Kier molecular flexibility index (Phi) is 2.17. The van der Waals surface area contributed by atoms with Crippen LogP contribution in [0.5, 0.6) is 0 Å². The second-order valence-corrected chi connectivity index (χ2v) is 2.95. The maximum atomic E-state index is 13.0. The molecule has 7 heteroatoms. The fourth-order valence-corrected chi connectivity index (χ4v) is 1.35. The van der Waals surface area contributed by atoms with Gasteiger partial charge in [-0.1, -0.05) is 7.43 Å². The molecule has 1 N–H and O–H groups in total. The second kappa shape index (κ2) is 2.72. The molecule has 2 nitrogen and oxygen atoms in total. The summed E-state index contributed by atoms with van der Waals surface area (Å²) in [5, 5.41) is 8.94. The Morgan fingerprint density at radius 1 is 1.13 bits per heavy atom. The van der Waals surface area contributed by atoms with Crippen LogP contribution in [0.1, 0.15) is 18.9 Å². The van der Waals surface area contributed by atoms with E-state index in [2.05, 4.69) is 4.42 Å². The predicted molar refractivity (Wildman–Crippen MR) is 39.3 cm³/mol. The molecule has 15 heavy (non-hydrogen) atoms. The molecule has 1 unspecified atom stereocenters. The fraction of sp³-hybridized carbons (Fsp3) is 0.500. The highest BCUT2D eigenvalue weighted by Gasteiger charge is 2.77. The molecule has 0 saturated heterocycles. The van der Waals surface area contributed by atoms with Crippen LogP contribution in [0, 0.1) is 0 Å². The van der Waals surface area contributed by atoms with Crippen molar-refractivity contribution < 1.29 is 31.5 Å². The number of alkyl halides is 5. The Bertz CT molecular complexity index is 381. The van der Waals surface area contributed by atoms with Crippen molar-refractivity contribution in [2.75, 3.05) is 0 Å². The zero-order valence-electron chi connectivity index (χ0n) is 6.40. The lowest BCUT2D eigenvalue weighted by Gasteiger charge is -2.30. The zero-order chi connectivity index (χ0) is 10.8. The first kappa shape index (κ1) is 12.0. The van der Waals surface area contributed by atoms with Gasteiger partial charge in [-0.2, -0.15) is 22.0 Å². The van der Waals surface area contributed by atoms with Crippen molar-refractivity contribution in [3.63, 3.8) is 0 Å². The van der Waals surface area contributed by atoms with Crippen molar-refractivity contribution >= 4 is 0 Å². The molecule has 0 saturated carbocycles. The van der Waals surface area contributed by atoms with Gasteiger partial charge in [0.05, 0.1) is 0 Å². The number of halogens is 5. The third-order valence-corrected chi connectivity index (χ3v) is 2.14. The average molecular weight is 230 g/mol. The largest absolute Gasteiger partial charge is 0.456 e. The van der Waals surface area contributed by atoms with Gasteiger partial charge in [0.2, 0.25) is 0 Å². The summed E-state index contributed by atoms with van der Waals surface area (Å²) in [5.74, 6) is -6.80. The smallest absolute Gasteiger partial charge is 0.431 e. The predicted octanol–water partition coefficient (Wildman–Crippen LogP) is 2.77. The lowest BCUT2D eigenvalue weighted by Crippen LogP contribution is -2.52. The van der Waals surface area contributed by atoms with Gasteiger partial charge < -0.3 is 9.52 Å². The van der Waals surface area contributed by atoms with E-state index in [0.29, 0.717) is 12.1 Å². The van der Waals surface area contributed by atoms with E-state index in [1.54, 1.807) is 0 Å². The molecular formula is C8H7F5O2. The summed E-state index contributed by atoms with van der Waals surface area (Å²) in [7, 11) is 0. The Labute approximate surface area is 81.3 Å². The zero-order valence-corrected chi connectivity index (χ0v) is 6.40. The Morgan fingerprint density at radius 3 is 1.87 bits per heavy atom. The van der Waals surface area contributed by atoms with E-state index in [1.807, 2.05) is 0 Å². The molecule has 0 fully saturated rings. The van der Waals surface area contributed by atoms with Crippen molar-refractivity contribution in [1.82, 2.24) is 0 Å². The third-order valence-electron chi connectivity index (χ3n) is 2.14. The van der Waals surface area contributed by atoms with Crippen LogP contribution in [0.25, 0.3) is 0 Å². The first-order chi connectivity index (χ1) is 6.21. The number of aliphatic hydroxyl groups is 1. The van der Waals surface area contributed by atoms with Crippen LogP contribution in [0.2, 0.25) is 0 Å². The van der Waals surface area contributed by atoms with Crippen molar-refractivity contribution in [3.8, 4) is 0 Å². The summed E-state index contributed by atoms with van der Waals surface area (Å²) in [5.41, 5.74) is -4.22. The minimum Gasteiger partial charge on any atom is -0.456 e. The molecular weight excluding hydrogens is 223 g/mol. The minimum atomic E-state index is -5.47. The minimum absolute atomic E-state index is 0. The highest BCUT2D eigenvalue weighted by atomic mass is 19.4. The summed E-state index contributed by atoms with van der Waals surface area (Å²) in [6.07, 6.45) is -5.47. The van der Waals surface area contributed by atoms with Crippen molar-refractivity contribution in [3.05, 3.63) is 23.7 Å². The molecule has 0 aromatic carbocycles. The normalized spacial score (nSPS) is 27.6. The van der Waals surface area contributed by atoms with Crippen LogP contribution in [-0.2, 0) is 11.5 Å². The third kappa shape index (κ3) is 1.06. The second-order valence-electron chi connectivity index (χ2n) is 2.95. The van der Waals surface area contributed by atoms with E-state index < -0.39 is 29.2 Å². The van der Waals surface area contributed by atoms with Crippen LogP contribution < -0.4 is 0 Å². The van der Waals surface area contributed by atoms with E-state index in [9.17, 15) is 22.0 Å². The van der Waals surface area contributed by atoms with E-state index in [-0.39, 0.29) is 7.43 Å². The van der Waals surface area contributed by atoms with E-state index in [1.165, 1.54) is 0 Å². The van der Waals surface area contributed by atoms with Gasteiger partial charge in [0.15, 0.2) is 11.5 Å². The van der Waals surface area contributed by atoms with Gasteiger partial charge in [0.1, 0.15) is 0 Å². The highest BCUT2D eigenvalue weighted by Crippen LogP contribution is 2.59. The van der Waals surface area contributed by atoms with E-state index in [4.69, 9.17) is 5.11 Å². The summed E-state index contributed by atoms with van der Waals surface area (Å²) in [4.78, 5) is 0. The van der Waals surface area contributed by atoms with Gasteiger partial charge in [-0.15, -0.1) is 0 Å². The fourth-order valence-electron chi connectivity index (χ4n) is 1.35. The molecule has 2 bridgehead atoms. The summed E-state index contributed by atoms with van der Waals surface area (Å²) in [6, 6.07) is 1.38. The molecule has 0 spiro atoms. The standard InChI is InChI=1S/C7H3F5O2.CH4/c8-6(9)4-2-1-3(14-4)5(6,13)7(10,11)12;/h1-2,13H;1H4. The van der Waals surface area contributed by atoms with Crippen molar-refractivity contribution in [1.29, 1.82) is 0 Å². The number of fused-ring (bicyclic) bond motifs is 2. The molecule has 86 valence electrons. The van der Waals surface area contributed by atoms with Crippen molar-refractivity contribution in [2.24, 2.45) is 0 Å². The van der Waals surface area contributed by atoms with Crippen LogP contribution in [0.15, 0.2) is 16.5 Å². The van der Waals surface area contributed by atoms with Gasteiger partial charge in [-0.3, -0.25) is 0 Å². The van der Waals surface area contributed by atoms with Crippen molar-refractivity contribution in [2.45, 2.75) is 25.1 Å². The molecule has 0 amide bonds.